The molecule has 1 aliphatic heterocycles. The van der Waals surface area contributed by atoms with E-state index in [1.807, 2.05) is 18.2 Å². The summed E-state index contributed by atoms with van der Waals surface area (Å²) >= 11 is 0. The molecule has 12 heteroatoms. The summed E-state index contributed by atoms with van der Waals surface area (Å²) in [5.74, 6) is -2.13. The maximum absolute atomic E-state index is 13.8. The van der Waals surface area contributed by atoms with Crippen LogP contribution in [0.3, 0.4) is 0 Å². The standard InChI is InChI=1S/C26H25F5N4O2S/c1-34-24(17-4-7-21(27)22(28)11-17)12-23(32-34)16-3-2-15-9-19-5-6-20(10-18(15)8-16)25(19)13-35(14-26(29,30)31)38(36,37)33-25/h2-4,7-8,11-12,19-20,33H,5-6,9-10,13-14H2,1H3/t19-,20+,25-/m1/s1. The van der Waals surface area contributed by atoms with E-state index in [4.69, 9.17) is 0 Å². The van der Waals surface area contributed by atoms with E-state index in [9.17, 15) is 30.4 Å². The van der Waals surface area contributed by atoms with Crippen LogP contribution >= 0.6 is 0 Å². The summed E-state index contributed by atoms with van der Waals surface area (Å²) in [5, 5.41) is 4.56. The van der Waals surface area contributed by atoms with Crippen LogP contribution in [-0.4, -0.2) is 47.3 Å². The third-order valence-corrected chi connectivity index (χ3v) is 9.88. The van der Waals surface area contributed by atoms with E-state index in [1.54, 1.807) is 17.8 Å². The molecule has 0 amide bonds. The van der Waals surface area contributed by atoms with Gasteiger partial charge in [-0.15, -0.1) is 0 Å². The van der Waals surface area contributed by atoms with Gasteiger partial charge in [0.25, 0.3) is 10.2 Å². The number of hydrogen-bond donors (Lipinski definition) is 1. The third-order valence-electron chi connectivity index (χ3n) is 8.30. The Morgan fingerprint density at radius 3 is 2.34 bits per heavy atom. The Balaban J connectivity index is 1.31. The molecule has 3 aromatic rings. The van der Waals surface area contributed by atoms with Crippen molar-refractivity contribution >= 4 is 10.2 Å². The Morgan fingerprint density at radius 2 is 1.66 bits per heavy atom. The first kappa shape index (κ1) is 25.4. The van der Waals surface area contributed by atoms with E-state index in [2.05, 4.69) is 9.82 Å². The molecule has 1 saturated heterocycles. The summed E-state index contributed by atoms with van der Waals surface area (Å²) in [6.45, 7) is -1.69. The molecular formula is C26H25F5N4O2S. The smallest absolute Gasteiger partial charge is 0.267 e. The van der Waals surface area contributed by atoms with Crippen molar-refractivity contribution in [2.24, 2.45) is 18.9 Å². The van der Waals surface area contributed by atoms with Crippen molar-refractivity contribution in [2.45, 2.75) is 37.4 Å². The second kappa shape index (κ2) is 8.59. The van der Waals surface area contributed by atoms with Gasteiger partial charge in [-0.2, -0.15) is 35.7 Å². The average Bonchev–Trinajstić information content (AvgIpc) is 3.40. The van der Waals surface area contributed by atoms with Crippen molar-refractivity contribution in [1.29, 1.82) is 0 Å². The highest BCUT2D eigenvalue weighted by atomic mass is 32.2. The molecule has 6 rings (SSSR count). The molecule has 2 bridgehead atoms. The summed E-state index contributed by atoms with van der Waals surface area (Å²) in [7, 11) is -2.53. The highest BCUT2D eigenvalue weighted by Gasteiger charge is 2.60. The molecule has 1 aromatic heterocycles. The van der Waals surface area contributed by atoms with Crippen molar-refractivity contribution in [3.63, 3.8) is 0 Å². The number of aromatic nitrogens is 2. The number of hydrogen-bond acceptors (Lipinski definition) is 3. The van der Waals surface area contributed by atoms with Crippen LogP contribution < -0.4 is 4.72 Å². The van der Waals surface area contributed by atoms with Crippen LogP contribution in [0, 0.1) is 23.5 Å². The highest BCUT2D eigenvalue weighted by Crippen LogP contribution is 2.51. The van der Waals surface area contributed by atoms with Gasteiger partial charge in [0, 0.05) is 24.7 Å². The molecule has 1 saturated carbocycles. The monoisotopic (exact) mass is 552 g/mol. The first-order valence-electron chi connectivity index (χ1n) is 12.3. The Labute approximate surface area is 216 Å². The Hall–Kier alpha value is -2.83. The zero-order valence-corrected chi connectivity index (χ0v) is 21.2. The van der Waals surface area contributed by atoms with Crippen molar-refractivity contribution in [3.8, 4) is 22.5 Å². The zero-order valence-electron chi connectivity index (χ0n) is 20.4. The fraction of sp³-hybridized carbons (Fsp3) is 0.423. The van der Waals surface area contributed by atoms with E-state index < -0.39 is 40.1 Å². The van der Waals surface area contributed by atoms with Gasteiger partial charge >= 0.3 is 6.18 Å². The topological polar surface area (TPSA) is 67.2 Å². The number of fused-ring (bicyclic) bond motifs is 1. The lowest BCUT2D eigenvalue weighted by Gasteiger charge is -2.33. The Morgan fingerprint density at radius 1 is 0.974 bits per heavy atom. The lowest BCUT2D eigenvalue weighted by Crippen LogP contribution is -2.52. The van der Waals surface area contributed by atoms with Gasteiger partial charge in [0.2, 0.25) is 0 Å². The van der Waals surface area contributed by atoms with Gasteiger partial charge < -0.3 is 0 Å². The van der Waals surface area contributed by atoms with E-state index in [-0.39, 0.29) is 18.4 Å². The van der Waals surface area contributed by atoms with Crippen molar-refractivity contribution in [2.75, 3.05) is 13.1 Å². The quantitative estimate of drug-likeness (QED) is 0.483. The minimum Gasteiger partial charge on any atom is -0.267 e. The average molecular weight is 553 g/mol. The summed E-state index contributed by atoms with van der Waals surface area (Å²) in [5.41, 5.74) is 3.66. The Bertz CT molecular complexity index is 1540. The lowest BCUT2D eigenvalue weighted by molar-refractivity contribution is -0.136. The number of benzene rings is 2. The van der Waals surface area contributed by atoms with Crippen molar-refractivity contribution in [1.82, 2.24) is 18.8 Å². The highest BCUT2D eigenvalue weighted by molar-refractivity contribution is 7.87. The number of nitrogens with zero attached hydrogens (tertiary/aromatic N) is 3. The van der Waals surface area contributed by atoms with Crippen molar-refractivity contribution < 1.29 is 30.4 Å². The van der Waals surface area contributed by atoms with Crippen LogP contribution in [0.1, 0.15) is 24.0 Å². The lowest BCUT2D eigenvalue weighted by atomic mass is 9.79. The largest absolute Gasteiger partial charge is 0.402 e. The predicted octanol–water partition coefficient (Wildman–Crippen LogP) is 4.61. The van der Waals surface area contributed by atoms with E-state index in [1.165, 1.54) is 6.07 Å². The molecule has 2 aliphatic carbocycles. The van der Waals surface area contributed by atoms with Gasteiger partial charge in [-0.05, 0) is 79.0 Å². The molecule has 202 valence electrons. The van der Waals surface area contributed by atoms with Crippen LogP contribution in [0.2, 0.25) is 0 Å². The number of rotatable bonds is 3. The molecule has 38 heavy (non-hydrogen) atoms. The molecule has 0 unspecified atom stereocenters. The predicted molar refractivity (Wildman–Crippen MR) is 130 cm³/mol. The van der Waals surface area contributed by atoms with Gasteiger partial charge in [-0.25, -0.2) is 8.78 Å². The molecule has 0 radical (unpaired) electrons. The summed E-state index contributed by atoms with van der Waals surface area (Å²) in [6, 6.07) is 11.3. The molecule has 3 aliphatic rings. The number of alkyl halides is 3. The van der Waals surface area contributed by atoms with Gasteiger partial charge in [0.15, 0.2) is 11.6 Å². The zero-order chi connectivity index (χ0) is 27.0. The number of halogens is 5. The molecule has 2 aromatic carbocycles. The van der Waals surface area contributed by atoms with Crippen LogP contribution in [-0.2, 0) is 30.1 Å². The number of nitrogens with one attached hydrogen (secondary N) is 1. The van der Waals surface area contributed by atoms with Gasteiger partial charge in [-0.3, -0.25) is 4.68 Å². The van der Waals surface area contributed by atoms with Crippen molar-refractivity contribution in [3.05, 3.63) is 65.2 Å². The van der Waals surface area contributed by atoms with Crippen LogP contribution in [0.4, 0.5) is 22.0 Å². The molecule has 3 atom stereocenters. The van der Waals surface area contributed by atoms with E-state index in [0.717, 1.165) is 41.7 Å². The fourth-order valence-electron chi connectivity index (χ4n) is 6.54. The van der Waals surface area contributed by atoms with Gasteiger partial charge in [-0.1, -0.05) is 12.1 Å². The van der Waals surface area contributed by atoms with E-state index in [0.29, 0.717) is 34.1 Å². The van der Waals surface area contributed by atoms with Gasteiger partial charge in [0.1, 0.15) is 6.54 Å². The minimum absolute atomic E-state index is 0.109. The second-order valence-electron chi connectivity index (χ2n) is 10.6. The van der Waals surface area contributed by atoms with Crippen LogP contribution in [0.5, 0.6) is 0 Å². The molecule has 2 fully saturated rings. The normalized spacial score (nSPS) is 26.6. The van der Waals surface area contributed by atoms with E-state index >= 15 is 0 Å². The van der Waals surface area contributed by atoms with Gasteiger partial charge in [0.05, 0.1) is 16.9 Å². The SMILES string of the molecule is Cn1nc(-c2ccc3c(c2)C[C@@H]2CC[C@H](C3)[C@]23CN(CC(F)(F)F)S(=O)(=O)N3)cc1-c1ccc(F)c(F)c1. The molecule has 1 N–H and O–H groups in total. The molecular weight excluding hydrogens is 527 g/mol. The fourth-order valence-corrected chi connectivity index (χ4v) is 8.25. The maximum atomic E-state index is 13.8. The molecule has 1 spiro atoms. The number of aryl methyl sites for hydroxylation is 1. The first-order valence-corrected chi connectivity index (χ1v) is 13.8. The summed E-state index contributed by atoms with van der Waals surface area (Å²) in [4.78, 5) is 0. The second-order valence-corrected chi connectivity index (χ2v) is 12.2. The van der Waals surface area contributed by atoms with Crippen LogP contribution in [0.15, 0.2) is 42.5 Å². The third kappa shape index (κ3) is 4.22. The summed E-state index contributed by atoms with van der Waals surface area (Å²) in [6.07, 6.45) is -2.06. The minimum atomic E-state index is -4.62. The maximum Gasteiger partial charge on any atom is 0.402 e. The summed E-state index contributed by atoms with van der Waals surface area (Å²) < 4.78 is 96.8. The molecule has 2 heterocycles. The molecule has 6 nitrogen and oxygen atoms in total. The first-order chi connectivity index (χ1) is 17.8. The van der Waals surface area contributed by atoms with Crippen LogP contribution in [0.25, 0.3) is 22.5 Å². The Kier molecular flexibility index (Phi) is 5.75.